The van der Waals surface area contributed by atoms with Crippen molar-refractivity contribution in [1.29, 1.82) is 0 Å². The third kappa shape index (κ3) is 2.44. The number of aromatic nitrogens is 2. The standard InChI is InChI=1S/C20H19N3O/c1-13-4-3-5-16-10-18(14(2)22-19(13)16)20(24)23-11-17(12-23)15-6-8-21-9-7-15/h3-10,17H,11-12H2,1-2H3. The first-order valence-electron chi connectivity index (χ1n) is 8.19. The van der Waals surface area contributed by atoms with E-state index in [1.807, 2.05) is 55.1 Å². The minimum atomic E-state index is 0.0775. The molecule has 4 heteroatoms. The van der Waals surface area contributed by atoms with E-state index in [-0.39, 0.29) is 5.91 Å². The quantitative estimate of drug-likeness (QED) is 0.727. The van der Waals surface area contributed by atoms with Gasteiger partial charge < -0.3 is 4.90 Å². The number of hydrogen-bond donors (Lipinski definition) is 0. The monoisotopic (exact) mass is 317 g/mol. The fourth-order valence-electron chi connectivity index (χ4n) is 3.32. The second-order valence-electron chi connectivity index (χ2n) is 6.46. The van der Waals surface area contributed by atoms with Gasteiger partial charge in [-0.05, 0) is 43.2 Å². The van der Waals surface area contributed by atoms with Crippen LogP contribution in [0.3, 0.4) is 0 Å². The van der Waals surface area contributed by atoms with Gasteiger partial charge in [-0.15, -0.1) is 0 Å². The van der Waals surface area contributed by atoms with Crippen LogP contribution in [0.15, 0.2) is 48.8 Å². The Morgan fingerprint density at radius 1 is 1.12 bits per heavy atom. The highest BCUT2D eigenvalue weighted by Crippen LogP contribution is 2.29. The molecule has 0 spiro atoms. The van der Waals surface area contributed by atoms with Gasteiger partial charge in [-0.1, -0.05) is 18.2 Å². The van der Waals surface area contributed by atoms with Crippen LogP contribution >= 0.6 is 0 Å². The number of carbonyl (C=O) groups is 1. The minimum absolute atomic E-state index is 0.0775. The van der Waals surface area contributed by atoms with Gasteiger partial charge in [0.05, 0.1) is 16.8 Å². The van der Waals surface area contributed by atoms with Crippen molar-refractivity contribution < 1.29 is 4.79 Å². The number of amides is 1. The number of likely N-dealkylation sites (tertiary alicyclic amines) is 1. The Bertz CT molecular complexity index is 915. The van der Waals surface area contributed by atoms with E-state index in [4.69, 9.17) is 0 Å². The summed E-state index contributed by atoms with van der Waals surface area (Å²) in [6, 6.07) is 12.1. The molecule has 1 saturated heterocycles. The highest BCUT2D eigenvalue weighted by molar-refractivity contribution is 5.99. The fourth-order valence-corrected chi connectivity index (χ4v) is 3.32. The van der Waals surface area contributed by atoms with Crippen molar-refractivity contribution in [3.63, 3.8) is 0 Å². The lowest BCUT2D eigenvalue weighted by Gasteiger charge is -2.39. The number of carbonyl (C=O) groups excluding carboxylic acids is 1. The molecule has 0 bridgehead atoms. The van der Waals surface area contributed by atoms with Crippen molar-refractivity contribution >= 4 is 16.8 Å². The molecule has 0 radical (unpaired) electrons. The Hall–Kier alpha value is -2.75. The van der Waals surface area contributed by atoms with E-state index in [0.717, 1.165) is 35.2 Å². The summed E-state index contributed by atoms with van der Waals surface area (Å²) in [5.74, 6) is 0.488. The van der Waals surface area contributed by atoms with Crippen LogP contribution in [0.5, 0.6) is 0 Å². The van der Waals surface area contributed by atoms with E-state index >= 15 is 0 Å². The molecule has 1 aliphatic rings. The topological polar surface area (TPSA) is 46.1 Å². The van der Waals surface area contributed by atoms with Crippen molar-refractivity contribution in [1.82, 2.24) is 14.9 Å². The molecular formula is C20H19N3O. The van der Waals surface area contributed by atoms with Gasteiger partial charge in [-0.25, -0.2) is 0 Å². The maximum absolute atomic E-state index is 12.8. The number of hydrogen-bond acceptors (Lipinski definition) is 3. The molecule has 4 nitrogen and oxygen atoms in total. The van der Waals surface area contributed by atoms with Gasteiger partial charge in [0.25, 0.3) is 5.91 Å². The SMILES string of the molecule is Cc1nc2c(C)cccc2cc1C(=O)N1CC(c2ccncc2)C1. The van der Waals surface area contributed by atoms with Crippen LogP contribution in [0.4, 0.5) is 0 Å². The van der Waals surface area contributed by atoms with E-state index in [1.54, 1.807) is 12.4 Å². The molecule has 1 aliphatic heterocycles. The van der Waals surface area contributed by atoms with Crippen LogP contribution in [-0.4, -0.2) is 33.9 Å². The molecule has 24 heavy (non-hydrogen) atoms. The molecule has 0 atom stereocenters. The van der Waals surface area contributed by atoms with E-state index < -0.39 is 0 Å². The average Bonchev–Trinajstić information content (AvgIpc) is 2.55. The highest BCUT2D eigenvalue weighted by atomic mass is 16.2. The lowest BCUT2D eigenvalue weighted by Crippen LogP contribution is -2.48. The first-order chi connectivity index (χ1) is 11.6. The molecule has 0 aliphatic carbocycles. The van der Waals surface area contributed by atoms with Crippen LogP contribution in [0, 0.1) is 13.8 Å². The first-order valence-corrected chi connectivity index (χ1v) is 8.19. The lowest BCUT2D eigenvalue weighted by atomic mass is 9.91. The van der Waals surface area contributed by atoms with Gasteiger partial charge in [0, 0.05) is 36.8 Å². The predicted molar refractivity (Wildman–Crippen MR) is 94.1 cm³/mol. The number of fused-ring (bicyclic) bond motifs is 1. The minimum Gasteiger partial charge on any atom is -0.337 e. The maximum Gasteiger partial charge on any atom is 0.255 e. The zero-order chi connectivity index (χ0) is 16.7. The molecule has 2 aromatic heterocycles. The molecule has 3 aromatic rings. The summed E-state index contributed by atoms with van der Waals surface area (Å²) in [5.41, 5.74) is 4.87. The first kappa shape index (κ1) is 14.8. The Balaban J connectivity index is 1.58. The van der Waals surface area contributed by atoms with Gasteiger partial charge >= 0.3 is 0 Å². The van der Waals surface area contributed by atoms with Crippen molar-refractivity contribution in [2.75, 3.05) is 13.1 Å². The van der Waals surface area contributed by atoms with E-state index in [1.165, 1.54) is 5.56 Å². The Morgan fingerprint density at radius 2 is 1.88 bits per heavy atom. The predicted octanol–water partition coefficient (Wildman–Crippen LogP) is 3.49. The number of rotatable bonds is 2. The lowest BCUT2D eigenvalue weighted by molar-refractivity contribution is 0.0601. The molecule has 0 saturated carbocycles. The van der Waals surface area contributed by atoms with Gasteiger partial charge in [0.2, 0.25) is 0 Å². The Morgan fingerprint density at radius 3 is 2.62 bits per heavy atom. The summed E-state index contributed by atoms with van der Waals surface area (Å²) < 4.78 is 0. The third-order valence-electron chi connectivity index (χ3n) is 4.81. The smallest absolute Gasteiger partial charge is 0.255 e. The summed E-state index contributed by atoms with van der Waals surface area (Å²) in [5, 5.41) is 1.02. The molecule has 1 aromatic carbocycles. The normalized spacial score (nSPS) is 14.7. The second kappa shape index (κ2) is 5.71. The zero-order valence-electron chi connectivity index (χ0n) is 13.9. The summed E-state index contributed by atoms with van der Waals surface area (Å²) in [4.78, 5) is 23.4. The average molecular weight is 317 g/mol. The zero-order valence-corrected chi connectivity index (χ0v) is 13.9. The van der Waals surface area contributed by atoms with E-state index in [2.05, 4.69) is 9.97 Å². The van der Waals surface area contributed by atoms with Crippen molar-refractivity contribution in [2.24, 2.45) is 0 Å². The number of aryl methyl sites for hydroxylation is 2. The summed E-state index contributed by atoms with van der Waals surface area (Å²) >= 11 is 0. The molecule has 120 valence electrons. The molecule has 0 N–H and O–H groups in total. The van der Waals surface area contributed by atoms with E-state index in [0.29, 0.717) is 11.5 Å². The van der Waals surface area contributed by atoms with Gasteiger partial charge in [-0.3, -0.25) is 14.8 Å². The molecule has 0 unspecified atom stereocenters. The highest BCUT2D eigenvalue weighted by Gasteiger charge is 2.33. The van der Waals surface area contributed by atoms with Crippen LogP contribution in [0.2, 0.25) is 0 Å². The largest absolute Gasteiger partial charge is 0.337 e. The van der Waals surface area contributed by atoms with Crippen molar-refractivity contribution in [2.45, 2.75) is 19.8 Å². The third-order valence-corrected chi connectivity index (χ3v) is 4.81. The number of benzene rings is 1. The van der Waals surface area contributed by atoms with Gasteiger partial charge in [0.1, 0.15) is 0 Å². The maximum atomic E-state index is 12.8. The van der Waals surface area contributed by atoms with Crippen molar-refractivity contribution in [3.05, 3.63) is 71.2 Å². The van der Waals surface area contributed by atoms with Gasteiger partial charge in [-0.2, -0.15) is 0 Å². The molecule has 4 rings (SSSR count). The molecule has 3 heterocycles. The van der Waals surface area contributed by atoms with Crippen LogP contribution in [-0.2, 0) is 0 Å². The Kier molecular flexibility index (Phi) is 3.53. The second-order valence-corrected chi connectivity index (χ2v) is 6.46. The van der Waals surface area contributed by atoms with Crippen molar-refractivity contribution in [3.8, 4) is 0 Å². The van der Waals surface area contributed by atoms with Crippen LogP contribution in [0.1, 0.15) is 33.1 Å². The molecule has 1 amide bonds. The van der Waals surface area contributed by atoms with E-state index in [9.17, 15) is 4.79 Å². The molecule has 1 fully saturated rings. The fraction of sp³-hybridized carbons (Fsp3) is 0.250. The summed E-state index contributed by atoms with van der Waals surface area (Å²) in [7, 11) is 0. The van der Waals surface area contributed by atoms with Crippen LogP contribution < -0.4 is 0 Å². The number of para-hydroxylation sites is 1. The molecular weight excluding hydrogens is 298 g/mol. The Labute approximate surface area is 141 Å². The number of nitrogens with zero attached hydrogens (tertiary/aromatic N) is 3. The van der Waals surface area contributed by atoms with Gasteiger partial charge in [0.15, 0.2) is 0 Å². The summed E-state index contributed by atoms with van der Waals surface area (Å²) in [6.07, 6.45) is 3.61. The van der Waals surface area contributed by atoms with Crippen LogP contribution in [0.25, 0.3) is 10.9 Å². The number of pyridine rings is 2. The summed E-state index contributed by atoms with van der Waals surface area (Å²) in [6.45, 7) is 5.48.